The molecule has 1 aliphatic rings. The fraction of sp³-hybridized carbons (Fsp3) is 0.529. The second-order valence-corrected chi connectivity index (χ2v) is 5.95. The van der Waals surface area contributed by atoms with Crippen molar-refractivity contribution in [2.75, 3.05) is 6.54 Å². The number of hydrogen-bond donors (Lipinski definition) is 1. The Labute approximate surface area is 126 Å². The second-order valence-electron chi connectivity index (χ2n) is 5.95. The molecule has 0 bridgehead atoms. The summed E-state index contributed by atoms with van der Waals surface area (Å²) in [7, 11) is 0. The molecular formula is C17H24N2O2. The molecule has 0 aromatic heterocycles. The van der Waals surface area contributed by atoms with Crippen LogP contribution in [-0.2, 0) is 16.1 Å². The Balaban J connectivity index is 2.17. The van der Waals surface area contributed by atoms with Gasteiger partial charge in [-0.2, -0.15) is 0 Å². The lowest BCUT2D eigenvalue weighted by molar-refractivity contribution is -0.143. The minimum atomic E-state index is -0.920. The summed E-state index contributed by atoms with van der Waals surface area (Å²) in [5.41, 5.74) is 6.81. The van der Waals surface area contributed by atoms with E-state index in [0.29, 0.717) is 25.9 Å². The fourth-order valence-electron chi connectivity index (χ4n) is 2.59. The Morgan fingerprint density at radius 3 is 2.48 bits per heavy atom. The zero-order chi connectivity index (χ0) is 15.5. The van der Waals surface area contributed by atoms with E-state index in [1.807, 2.05) is 36.1 Å². The first kappa shape index (κ1) is 15.5. The first-order chi connectivity index (χ1) is 10.0. The summed E-state index contributed by atoms with van der Waals surface area (Å²) in [6.45, 7) is 5.37. The van der Waals surface area contributed by atoms with Gasteiger partial charge < -0.3 is 10.6 Å². The van der Waals surface area contributed by atoms with Gasteiger partial charge in [-0.15, -0.1) is 0 Å². The molecule has 0 saturated heterocycles. The van der Waals surface area contributed by atoms with Crippen LogP contribution in [0.2, 0.25) is 0 Å². The average molecular weight is 288 g/mol. The van der Waals surface area contributed by atoms with Crippen molar-refractivity contribution in [1.29, 1.82) is 0 Å². The highest BCUT2D eigenvalue weighted by Crippen LogP contribution is 2.47. The van der Waals surface area contributed by atoms with Crippen LogP contribution in [0.1, 0.15) is 43.7 Å². The number of unbranched alkanes of at least 4 members (excludes halogenated alkanes) is 1. The molecule has 2 N–H and O–H groups in total. The Bertz CT molecular complexity index is 535. The van der Waals surface area contributed by atoms with E-state index in [9.17, 15) is 9.59 Å². The van der Waals surface area contributed by atoms with Gasteiger partial charge >= 0.3 is 0 Å². The third-order valence-electron chi connectivity index (χ3n) is 4.32. The average Bonchev–Trinajstić information content (AvgIpc) is 3.26. The molecule has 0 aliphatic heterocycles. The van der Waals surface area contributed by atoms with E-state index in [-0.39, 0.29) is 5.91 Å². The number of nitrogens with two attached hydrogens (primary N) is 1. The van der Waals surface area contributed by atoms with Gasteiger partial charge in [0.25, 0.3) is 0 Å². The van der Waals surface area contributed by atoms with Crippen LogP contribution < -0.4 is 5.73 Å². The third kappa shape index (κ3) is 3.26. The standard InChI is InChI=1S/C17H24N2O2/c1-3-4-11-19(12-14-8-6-5-7-13(14)2)16(21)17(9-10-17)15(18)20/h5-8H,3-4,9-12H2,1-2H3,(H2,18,20). The lowest BCUT2D eigenvalue weighted by Gasteiger charge is -2.27. The van der Waals surface area contributed by atoms with Crippen LogP contribution in [0.15, 0.2) is 24.3 Å². The van der Waals surface area contributed by atoms with Gasteiger partial charge in [-0.25, -0.2) is 0 Å². The maximum Gasteiger partial charge on any atom is 0.238 e. The molecule has 1 aliphatic carbocycles. The van der Waals surface area contributed by atoms with Gasteiger partial charge in [0.05, 0.1) is 0 Å². The van der Waals surface area contributed by atoms with Gasteiger partial charge in [0.15, 0.2) is 0 Å². The molecule has 0 radical (unpaired) electrons. The molecule has 1 aromatic rings. The van der Waals surface area contributed by atoms with Crippen LogP contribution in [0, 0.1) is 12.3 Å². The topological polar surface area (TPSA) is 63.4 Å². The normalized spacial score (nSPS) is 15.5. The fourth-order valence-corrected chi connectivity index (χ4v) is 2.59. The van der Waals surface area contributed by atoms with Crippen LogP contribution in [0.3, 0.4) is 0 Å². The number of hydrogen-bond acceptors (Lipinski definition) is 2. The van der Waals surface area contributed by atoms with E-state index >= 15 is 0 Å². The molecule has 1 fully saturated rings. The van der Waals surface area contributed by atoms with Gasteiger partial charge in [-0.05, 0) is 37.3 Å². The van der Waals surface area contributed by atoms with Gasteiger partial charge in [0.1, 0.15) is 5.41 Å². The molecule has 114 valence electrons. The lowest BCUT2D eigenvalue weighted by atomic mass is 10.0. The zero-order valence-corrected chi connectivity index (χ0v) is 12.9. The van der Waals surface area contributed by atoms with E-state index in [1.165, 1.54) is 0 Å². The SMILES string of the molecule is CCCCN(Cc1ccccc1C)C(=O)C1(C(N)=O)CC1. The van der Waals surface area contributed by atoms with Crippen LogP contribution >= 0.6 is 0 Å². The van der Waals surface area contributed by atoms with Gasteiger partial charge in [0.2, 0.25) is 11.8 Å². The molecule has 2 rings (SSSR count). The van der Waals surface area contributed by atoms with E-state index in [2.05, 4.69) is 6.92 Å². The maximum atomic E-state index is 12.7. The first-order valence-corrected chi connectivity index (χ1v) is 7.65. The van der Waals surface area contributed by atoms with Crippen molar-refractivity contribution < 1.29 is 9.59 Å². The summed E-state index contributed by atoms with van der Waals surface area (Å²) in [5.74, 6) is -0.564. The number of nitrogens with zero attached hydrogens (tertiary/aromatic N) is 1. The maximum absolute atomic E-state index is 12.7. The van der Waals surface area contributed by atoms with Gasteiger partial charge in [0, 0.05) is 13.1 Å². The molecule has 21 heavy (non-hydrogen) atoms. The van der Waals surface area contributed by atoms with Crippen LogP contribution in [0.5, 0.6) is 0 Å². The van der Waals surface area contributed by atoms with Crippen molar-refractivity contribution in [3.8, 4) is 0 Å². The summed E-state index contributed by atoms with van der Waals surface area (Å²) in [6, 6.07) is 8.04. The monoisotopic (exact) mass is 288 g/mol. The van der Waals surface area contributed by atoms with Crippen molar-refractivity contribution in [2.45, 2.75) is 46.1 Å². The van der Waals surface area contributed by atoms with Crippen molar-refractivity contribution in [2.24, 2.45) is 11.1 Å². The van der Waals surface area contributed by atoms with E-state index in [4.69, 9.17) is 5.73 Å². The molecule has 1 aromatic carbocycles. The zero-order valence-electron chi connectivity index (χ0n) is 12.9. The Hall–Kier alpha value is -1.84. The molecule has 4 heteroatoms. The highest BCUT2D eigenvalue weighted by Gasteiger charge is 2.56. The largest absolute Gasteiger partial charge is 0.369 e. The van der Waals surface area contributed by atoms with Gasteiger partial charge in [-0.3, -0.25) is 9.59 Å². The molecule has 4 nitrogen and oxygen atoms in total. The Morgan fingerprint density at radius 1 is 1.29 bits per heavy atom. The minimum absolute atomic E-state index is 0.0910. The highest BCUT2D eigenvalue weighted by molar-refractivity contribution is 6.07. The summed E-state index contributed by atoms with van der Waals surface area (Å²) in [6.07, 6.45) is 3.14. The number of aryl methyl sites for hydroxylation is 1. The third-order valence-corrected chi connectivity index (χ3v) is 4.32. The summed E-state index contributed by atoms with van der Waals surface area (Å²) in [4.78, 5) is 26.1. The molecule has 0 unspecified atom stereocenters. The Kier molecular flexibility index (Phi) is 4.66. The summed E-state index contributed by atoms with van der Waals surface area (Å²) < 4.78 is 0. The van der Waals surface area contributed by atoms with Crippen molar-refractivity contribution >= 4 is 11.8 Å². The molecule has 2 amide bonds. The predicted octanol–water partition coefficient (Wildman–Crippen LogP) is 2.39. The quantitative estimate of drug-likeness (QED) is 0.783. The van der Waals surface area contributed by atoms with Crippen molar-refractivity contribution in [1.82, 2.24) is 4.90 Å². The molecular weight excluding hydrogens is 264 g/mol. The lowest BCUT2D eigenvalue weighted by Crippen LogP contribution is -2.43. The minimum Gasteiger partial charge on any atom is -0.369 e. The smallest absolute Gasteiger partial charge is 0.238 e. The van der Waals surface area contributed by atoms with Crippen LogP contribution in [0.25, 0.3) is 0 Å². The van der Waals surface area contributed by atoms with Crippen LogP contribution in [-0.4, -0.2) is 23.3 Å². The van der Waals surface area contributed by atoms with Crippen LogP contribution in [0.4, 0.5) is 0 Å². The molecule has 1 saturated carbocycles. The predicted molar refractivity (Wildman–Crippen MR) is 82.4 cm³/mol. The second kappa shape index (κ2) is 6.29. The summed E-state index contributed by atoms with van der Waals surface area (Å²) in [5, 5.41) is 0. The Morgan fingerprint density at radius 2 is 1.95 bits per heavy atom. The van der Waals surface area contributed by atoms with Crippen molar-refractivity contribution in [3.05, 3.63) is 35.4 Å². The number of carbonyl (C=O) groups excluding carboxylic acids is 2. The van der Waals surface area contributed by atoms with Gasteiger partial charge in [-0.1, -0.05) is 37.6 Å². The number of benzene rings is 1. The summed E-state index contributed by atoms with van der Waals surface area (Å²) >= 11 is 0. The number of rotatable bonds is 7. The molecule has 0 spiro atoms. The van der Waals surface area contributed by atoms with E-state index in [1.54, 1.807) is 0 Å². The number of carbonyl (C=O) groups is 2. The molecule has 0 heterocycles. The first-order valence-electron chi connectivity index (χ1n) is 7.65. The van der Waals surface area contributed by atoms with Crippen molar-refractivity contribution in [3.63, 3.8) is 0 Å². The number of amides is 2. The highest BCUT2D eigenvalue weighted by atomic mass is 16.2. The van der Waals surface area contributed by atoms with E-state index in [0.717, 1.165) is 24.0 Å². The van der Waals surface area contributed by atoms with E-state index < -0.39 is 11.3 Å². The molecule has 0 atom stereocenters. The number of primary amides is 1.